The number of methoxy groups -OCH3 is 2. The molecule has 0 amide bonds. The van der Waals surface area contributed by atoms with E-state index in [0.717, 1.165) is 0 Å². The Morgan fingerprint density at radius 2 is 1.94 bits per heavy atom. The highest BCUT2D eigenvalue weighted by Gasteiger charge is 2.36. The molecule has 1 rings (SSSR count). The fourth-order valence-corrected chi connectivity index (χ4v) is 1.80. The van der Waals surface area contributed by atoms with E-state index in [1.54, 1.807) is 6.07 Å². The molecule has 1 unspecified atom stereocenters. The molecule has 0 heterocycles. The molecule has 1 aromatic carbocycles. The van der Waals surface area contributed by atoms with Crippen molar-refractivity contribution in [1.29, 1.82) is 0 Å². The van der Waals surface area contributed by atoms with Gasteiger partial charge in [0.05, 0.1) is 19.8 Å². The van der Waals surface area contributed by atoms with E-state index in [2.05, 4.69) is 20.7 Å². The first kappa shape index (κ1) is 14.5. The molecule has 98 valence electrons. The van der Waals surface area contributed by atoms with E-state index >= 15 is 0 Å². The van der Waals surface area contributed by atoms with Gasteiger partial charge in [-0.25, -0.2) is 4.79 Å². The largest absolute Gasteiger partial charge is 0.497 e. The van der Waals surface area contributed by atoms with Gasteiger partial charge in [-0.1, -0.05) is 22.0 Å². The summed E-state index contributed by atoms with van der Waals surface area (Å²) in [5.41, 5.74) is 0.460. The Balaban J connectivity index is 3.44. The third kappa shape index (κ3) is 2.64. The Morgan fingerprint density at radius 1 is 1.33 bits per heavy atom. The number of hydrogen-bond acceptors (Lipinski definition) is 4. The highest BCUT2D eigenvalue weighted by atomic mass is 79.9. The van der Waals surface area contributed by atoms with Crippen LogP contribution in [0.3, 0.4) is 0 Å². The average Bonchev–Trinajstić information content (AvgIpc) is 2.36. The molecular weight excluding hydrogens is 304 g/mol. The van der Waals surface area contributed by atoms with Crippen LogP contribution < -0.4 is 4.74 Å². The molecule has 0 aromatic heterocycles. The second-order valence-corrected chi connectivity index (χ2v) is 5.30. The predicted molar refractivity (Wildman–Crippen MR) is 68.2 cm³/mol. The number of carboxylic acid groups (broad SMARTS) is 1. The second kappa shape index (κ2) is 5.39. The number of alkyl halides is 1. The van der Waals surface area contributed by atoms with E-state index in [1.807, 2.05) is 0 Å². The standard InChI is InChI=1S/C12H13BrO5/c1-12(13,11(15)16)9-5-4-7(17-2)6-8(9)10(14)18-3/h4-6H,1-3H3,(H,15,16). The van der Waals surface area contributed by atoms with E-state index in [4.69, 9.17) is 9.84 Å². The number of esters is 1. The molecule has 0 radical (unpaired) electrons. The highest BCUT2D eigenvalue weighted by molar-refractivity contribution is 9.10. The number of aliphatic carboxylic acids is 1. The van der Waals surface area contributed by atoms with Crippen LogP contribution in [0.25, 0.3) is 0 Å². The van der Waals surface area contributed by atoms with Gasteiger partial charge in [-0.15, -0.1) is 0 Å². The first-order valence-electron chi connectivity index (χ1n) is 5.03. The van der Waals surface area contributed by atoms with Crippen LogP contribution in [0.1, 0.15) is 22.8 Å². The summed E-state index contributed by atoms with van der Waals surface area (Å²) in [6.45, 7) is 1.45. The van der Waals surface area contributed by atoms with Crippen LogP contribution in [0.4, 0.5) is 0 Å². The number of carboxylic acids is 1. The SMILES string of the molecule is COC(=O)c1cc(OC)ccc1C(C)(Br)C(=O)O. The molecule has 18 heavy (non-hydrogen) atoms. The van der Waals surface area contributed by atoms with Crippen molar-refractivity contribution in [2.75, 3.05) is 14.2 Å². The van der Waals surface area contributed by atoms with Gasteiger partial charge >= 0.3 is 11.9 Å². The minimum atomic E-state index is -1.37. The van der Waals surface area contributed by atoms with Crippen LogP contribution in [0.5, 0.6) is 5.75 Å². The third-order valence-corrected chi connectivity index (χ3v) is 3.31. The van der Waals surface area contributed by atoms with Gasteiger partial charge in [-0.05, 0) is 24.6 Å². The quantitative estimate of drug-likeness (QED) is 0.681. The number of halogens is 1. The van der Waals surface area contributed by atoms with Gasteiger partial charge in [0.1, 0.15) is 10.1 Å². The molecule has 6 heteroatoms. The normalized spacial score (nSPS) is 13.6. The van der Waals surface area contributed by atoms with Crippen LogP contribution in [0.2, 0.25) is 0 Å². The predicted octanol–water partition coefficient (Wildman–Crippen LogP) is 2.18. The van der Waals surface area contributed by atoms with Gasteiger partial charge in [0, 0.05) is 0 Å². The molecule has 5 nitrogen and oxygen atoms in total. The van der Waals surface area contributed by atoms with Crippen molar-refractivity contribution in [2.24, 2.45) is 0 Å². The number of hydrogen-bond donors (Lipinski definition) is 1. The first-order valence-corrected chi connectivity index (χ1v) is 5.83. The van der Waals surface area contributed by atoms with Crippen molar-refractivity contribution in [1.82, 2.24) is 0 Å². The summed E-state index contributed by atoms with van der Waals surface area (Å²) in [4.78, 5) is 22.9. The summed E-state index contributed by atoms with van der Waals surface area (Å²) >= 11 is 3.10. The van der Waals surface area contributed by atoms with Crippen LogP contribution in [0.15, 0.2) is 18.2 Å². The maximum atomic E-state index is 11.7. The Morgan fingerprint density at radius 3 is 2.39 bits per heavy atom. The number of carbonyl (C=O) groups is 2. The molecule has 1 N–H and O–H groups in total. The van der Waals surface area contributed by atoms with Gasteiger partial charge in [0.2, 0.25) is 0 Å². The lowest BCUT2D eigenvalue weighted by Gasteiger charge is -2.20. The molecule has 0 aliphatic rings. The summed E-state index contributed by atoms with van der Waals surface area (Å²) in [5, 5.41) is 9.17. The Kier molecular flexibility index (Phi) is 4.34. The van der Waals surface area contributed by atoms with Crippen molar-refractivity contribution in [3.05, 3.63) is 29.3 Å². The number of benzene rings is 1. The first-order chi connectivity index (χ1) is 8.34. The van der Waals surface area contributed by atoms with Crippen molar-refractivity contribution in [2.45, 2.75) is 11.2 Å². The fourth-order valence-electron chi connectivity index (χ4n) is 1.45. The number of ether oxygens (including phenoxy) is 2. The van der Waals surface area contributed by atoms with Crippen LogP contribution in [0, 0.1) is 0 Å². The van der Waals surface area contributed by atoms with E-state index in [-0.39, 0.29) is 5.56 Å². The zero-order valence-corrected chi connectivity index (χ0v) is 11.8. The molecule has 0 saturated carbocycles. The van der Waals surface area contributed by atoms with E-state index in [0.29, 0.717) is 11.3 Å². The third-order valence-electron chi connectivity index (χ3n) is 2.54. The maximum absolute atomic E-state index is 11.7. The Bertz CT molecular complexity index is 481. The number of rotatable bonds is 4. The lowest BCUT2D eigenvalue weighted by atomic mass is 9.95. The van der Waals surface area contributed by atoms with Crippen LogP contribution >= 0.6 is 15.9 Å². The van der Waals surface area contributed by atoms with Crippen molar-refractivity contribution >= 4 is 27.9 Å². The zero-order valence-electron chi connectivity index (χ0n) is 10.2. The molecule has 0 bridgehead atoms. The van der Waals surface area contributed by atoms with Gasteiger partial charge in [0.25, 0.3) is 0 Å². The summed E-state index contributed by atoms with van der Waals surface area (Å²) in [6.07, 6.45) is 0. The zero-order chi connectivity index (χ0) is 13.9. The summed E-state index contributed by atoms with van der Waals surface area (Å²) in [5.74, 6) is -1.26. The molecule has 0 spiro atoms. The van der Waals surface area contributed by atoms with Crippen molar-refractivity contribution in [3.8, 4) is 5.75 Å². The van der Waals surface area contributed by atoms with Crippen LogP contribution in [-0.2, 0) is 13.9 Å². The second-order valence-electron chi connectivity index (χ2n) is 3.71. The molecule has 0 aliphatic heterocycles. The minimum absolute atomic E-state index is 0.152. The van der Waals surface area contributed by atoms with E-state index in [1.165, 1.54) is 33.3 Å². The molecule has 1 atom stereocenters. The lowest BCUT2D eigenvalue weighted by Crippen LogP contribution is -2.27. The van der Waals surface area contributed by atoms with Gasteiger partial charge in [-0.2, -0.15) is 0 Å². The summed E-state index contributed by atoms with van der Waals surface area (Å²) < 4.78 is 8.28. The Labute approximate surface area is 113 Å². The van der Waals surface area contributed by atoms with Gasteiger partial charge in [-0.3, -0.25) is 4.79 Å². The smallest absolute Gasteiger partial charge is 0.338 e. The van der Waals surface area contributed by atoms with Crippen LogP contribution in [-0.4, -0.2) is 31.3 Å². The van der Waals surface area contributed by atoms with Gasteiger partial charge in [0.15, 0.2) is 0 Å². The van der Waals surface area contributed by atoms with E-state index < -0.39 is 16.3 Å². The van der Waals surface area contributed by atoms with E-state index in [9.17, 15) is 9.59 Å². The molecular formula is C12H13BrO5. The summed E-state index contributed by atoms with van der Waals surface area (Å²) in [7, 11) is 2.69. The Hall–Kier alpha value is -1.56. The summed E-state index contributed by atoms with van der Waals surface area (Å²) in [6, 6.07) is 4.56. The lowest BCUT2D eigenvalue weighted by molar-refractivity contribution is -0.139. The minimum Gasteiger partial charge on any atom is -0.497 e. The molecule has 0 aliphatic carbocycles. The maximum Gasteiger partial charge on any atom is 0.338 e. The van der Waals surface area contributed by atoms with Crippen molar-refractivity contribution in [3.63, 3.8) is 0 Å². The molecule has 0 fully saturated rings. The molecule has 0 saturated heterocycles. The average molecular weight is 317 g/mol. The highest BCUT2D eigenvalue weighted by Crippen LogP contribution is 2.35. The fraction of sp³-hybridized carbons (Fsp3) is 0.333. The molecule has 1 aromatic rings. The van der Waals surface area contributed by atoms with Crippen molar-refractivity contribution < 1.29 is 24.2 Å². The number of carbonyl (C=O) groups excluding carboxylic acids is 1. The van der Waals surface area contributed by atoms with Gasteiger partial charge < -0.3 is 14.6 Å². The monoisotopic (exact) mass is 316 g/mol. The topological polar surface area (TPSA) is 72.8 Å².